The third kappa shape index (κ3) is 3.85. The first-order chi connectivity index (χ1) is 11.0. The molecule has 0 unspecified atom stereocenters. The number of benzene rings is 1. The Morgan fingerprint density at radius 3 is 2.70 bits per heavy atom. The summed E-state index contributed by atoms with van der Waals surface area (Å²) in [5.41, 5.74) is 0.515. The standard InChI is InChI=1S/C16H18F2N2O3/c1-16(9-2-10-21-16)14-19-13(20-23-14)8-5-11-3-6-12(7-4-11)22-15(17)18/h3-4,6-7,15H,2,5,8-10H2,1H3/t16-/m0/s1. The number of aryl methyl sites for hydroxylation is 2. The van der Waals surface area contributed by atoms with Gasteiger partial charge in [0.05, 0.1) is 0 Å². The summed E-state index contributed by atoms with van der Waals surface area (Å²) in [6, 6.07) is 6.55. The van der Waals surface area contributed by atoms with Crippen molar-refractivity contribution < 1.29 is 22.8 Å². The summed E-state index contributed by atoms with van der Waals surface area (Å²) in [6.07, 6.45) is 3.15. The van der Waals surface area contributed by atoms with Gasteiger partial charge in [0.2, 0.25) is 0 Å². The lowest BCUT2D eigenvalue weighted by Crippen LogP contribution is -2.20. The Labute approximate surface area is 132 Å². The minimum absolute atomic E-state index is 0.150. The quantitative estimate of drug-likeness (QED) is 0.814. The number of ether oxygens (including phenoxy) is 2. The van der Waals surface area contributed by atoms with Gasteiger partial charge in [0.25, 0.3) is 5.89 Å². The maximum atomic E-state index is 12.1. The Morgan fingerprint density at radius 1 is 1.26 bits per heavy atom. The number of rotatable bonds is 6. The summed E-state index contributed by atoms with van der Waals surface area (Å²) >= 11 is 0. The third-order valence-corrected chi connectivity index (χ3v) is 3.93. The van der Waals surface area contributed by atoms with Gasteiger partial charge in [0.15, 0.2) is 5.82 Å². The Kier molecular flexibility index (Phi) is 4.56. The van der Waals surface area contributed by atoms with Gasteiger partial charge >= 0.3 is 6.61 Å². The van der Waals surface area contributed by atoms with Crippen LogP contribution in [0.1, 0.15) is 37.0 Å². The average molecular weight is 324 g/mol. The Balaban J connectivity index is 1.57. The van der Waals surface area contributed by atoms with Crippen LogP contribution >= 0.6 is 0 Å². The molecule has 2 aromatic rings. The van der Waals surface area contributed by atoms with Crippen molar-refractivity contribution in [3.8, 4) is 5.75 Å². The molecule has 124 valence electrons. The summed E-state index contributed by atoms with van der Waals surface area (Å²) in [5, 5.41) is 3.99. The van der Waals surface area contributed by atoms with Crippen molar-refractivity contribution in [3.63, 3.8) is 0 Å². The fraction of sp³-hybridized carbons (Fsp3) is 0.500. The smallest absolute Gasteiger partial charge is 0.387 e. The number of halogens is 2. The van der Waals surface area contributed by atoms with Gasteiger partial charge in [-0.25, -0.2) is 0 Å². The van der Waals surface area contributed by atoms with Crippen molar-refractivity contribution in [1.29, 1.82) is 0 Å². The molecule has 5 nitrogen and oxygen atoms in total. The van der Waals surface area contributed by atoms with E-state index in [-0.39, 0.29) is 5.75 Å². The second-order valence-corrected chi connectivity index (χ2v) is 5.72. The molecule has 0 aliphatic carbocycles. The number of aromatic nitrogens is 2. The molecular formula is C16H18F2N2O3. The highest BCUT2D eigenvalue weighted by atomic mass is 19.3. The molecule has 0 saturated carbocycles. The number of alkyl halides is 2. The van der Waals surface area contributed by atoms with Crippen LogP contribution in [0, 0.1) is 0 Å². The maximum Gasteiger partial charge on any atom is 0.387 e. The number of hydrogen-bond acceptors (Lipinski definition) is 5. The molecule has 1 aromatic heterocycles. The second-order valence-electron chi connectivity index (χ2n) is 5.72. The van der Waals surface area contributed by atoms with Crippen molar-refractivity contribution in [2.45, 2.75) is 44.8 Å². The highest BCUT2D eigenvalue weighted by Crippen LogP contribution is 2.34. The summed E-state index contributed by atoms with van der Waals surface area (Å²) < 4.78 is 39.5. The second kappa shape index (κ2) is 6.62. The minimum atomic E-state index is -2.81. The minimum Gasteiger partial charge on any atom is -0.435 e. The zero-order valence-electron chi connectivity index (χ0n) is 12.8. The van der Waals surface area contributed by atoms with Gasteiger partial charge in [-0.3, -0.25) is 0 Å². The van der Waals surface area contributed by atoms with Gasteiger partial charge in [0.1, 0.15) is 11.4 Å². The van der Waals surface area contributed by atoms with Crippen LogP contribution in [0.5, 0.6) is 5.75 Å². The summed E-state index contributed by atoms with van der Waals surface area (Å²) in [7, 11) is 0. The van der Waals surface area contributed by atoms with E-state index >= 15 is 0 Å². The van der Waals surface area contributed by atoms with E-state index in [9.17, 15) is 8.78 Å². The fourth-order valence-electron chi connectivity index (χ4n) is 2.61. The van der Waals surface area contributed by atoms with Crippen LogP contribution in [0.3, 0.4) is 0 Å². The molecule has 1 atom stereocenters. The van der Waals surface area contributed by atoms with Crippen molar-refractivity contribution in [2.75, 3.05) is 6.61 Å². The Hall–Kier alpha value is -2.02. The summed E-state index contributed by atoms with van der Waals surface area (Å²) in [5.74, 6) is 1.28. The van der Waals surface area contributed by atoms with Gasteiger partial charge in [-0.15, -0.1) is 0 Å². The molecule has 0 N–H and O–H groups in total. The third-order valence-electron chi connectivity index (χ3n) is 3.93. The predicted octanol–water partition coefficient (Wildman–Crippen LogP) is 3.48. The molecule has 23 heavy (non-hydrogen) atoms. The molecule has 0 radical (unpaired) electrons. The van der Waals surface area contributed by atoms with Crippen LogP contribution in [0.25, 0.3) is 0 Å². The van der Waals surface area contributed by atoms with Gasteiger partial charge in [0, 0.05) is 13.0 Å². The average Bonchev–Trinajstić information content (AvgIpc) is 3.16. The number of hydrogen-bond donors (Lipinski definition) is 0. The van der Waals surface area contributed by atoms with Gasteiger partial charge < -0.3 is 14.0 Å². The van der Waals surface area contributed by atoms with Crippen LogP contribution in [0.15, 0.2) is 28.8 Å². The van der Waals surface area contributed by atoms with Crippen LogP contribution < -0.4 is 4.74 Å². The van der Waals surface area contributed by atoms with E-state index in [1.54, 1.807) is 12.1 Å². The molecule has 1 fully saturated rings. The van der Waals surface area contributed by atoms with E-state index in [0.717, 1.165) is 18.4 Å². The monoisotopic (exact) mass is 324 g/mol. The molecule has 3 rings (SSSR count). The summed E-state index contributed by atoms with van der Waals surface area (Å²) in [4.78, 5) is 4.41. The molecule has 7 heteroatoms. The van der Waals surface area contributed by atoms with Crippen molar-refractivity contribution in [1.82, 2.24) is 10.1 Å². The van der Waals surface area contributed by atoms with Crippen LogP contribution in [-0.4, -0.2) is 23.4 Å². The van der Waals surface area contributed by atoms with Gasteiger partial charge in [-0.05, 0) is 43.9 Å². The van der Waals surface area contributed by atoms with Crippen molar-refractivity contribution in [3.05, 3.63) is 41.5 Å². The van der Waals surface area contributed by atoms with Crippen molar-refractivity contribution >= 4 is 0 Å². The first-order valence-corrected chi connectivity index (χ1v) is 7.56. The van der Waals surface area contributed by atoms with E-state index in [1.165, 1.54) is 12.1 Å². The predicted molar refractivity (Wildman–Crippen MR) is 77.3 cm³/mol. The largest absolute Gasteiger partial charge is 0.435 e. The zero-order chi connectivity index (χ0) is 16.3. The SMILES string of the molecule is C[C@@]1(c2nc(CCc3ccc(OC(F)F)cc3)no2)CCCO1. The first-order valence-electron chi connectivity index (χ1n) is 7.56. The molecule has 1 aliphatic rings. The summed E-state index contributed by atoms with van der Waals surface area (Å²) in [6.45, 7) is -0.141. The lowest BCUT2D eigenvalue weighted by atomic mass is 10.0. The molecule has 1 saturated heterocycles. The molecule has 2 heterocycles. The topological polar surface area (TPSA) is 57.4 Å². The van der Waals surface area contributed by atoms with Crippen LogP contribution in [0.2, 0.25) is 0 Å². The van der Waals surface area contributed by atoms with Gasteiger partial charge in [-0.1, -0.05) is 17.3 Å². The molecule has 1 aromatic carbocycles. The molecule has 0 bridgehead atoms. The van der Waals surface area contributed by atoms with E-state index in [2.05, 4.69) is 14.9 Å². The lowest BCUT2D eigenvalue weighted by Gasteiger charge is -2.16. The lowest BCUT2D eigenvalue weighted by molar-refractivity contribution is -0.0498. The van der Waals surface area contributed by atoms with Gasteiger partial charge in [-0.2, -0.15) is 13.8 Å². The highest BCUT2D eigenvalue weighted by Gasteiger charge is 2.37. The normalized spacial score (nSPS) is 21.0. The first kappa shape index (κ1) is 15.9. The Bertz CT molecular complexity index is 637. The molecule has 1 aliphatic heterocycles. The molecule has 0 amide bonds. The maximum absolute atomic E-state index is 12.1. The van der Waals surface area contributed by atoms with E-state index in [4.69, 9.17) is 9.26 Å². The van der Waals surface area contributed by atoms with Crippen LogP contribution in [-0.2, 0) is 23.2 Å². The van der Waals surface area contributed by atoms with Crippen molar-refractivity contribution in [2.24, 2.45) is 0 Å². The van der Waals surface area contributed by atoms with Crippen LogP contribution in [0.4, 0.5) is 8.78 Å². The highest BCUT2D eigenvalue weighted by molar-refractivity contribution is 5.27. The van der Waals surface area contributed by atoms with E-state index in [0.29, 0.717) is 31.2 Å². The number of nitrogens with zero attached hydrogens (tertiary/aromatic N) is 2. The Morgan fingerprint density at radius 2 is 2.04 bits per heavy atom. The molecular weight excluding hydrogens is 306 g/mol. The molecule has 0 spiro atoms. The van der Waals surface area contributed by atoms with E-state index in [1.807, 2.05) is 6.92 Å². The zero-order valence-corrected chi connectivity index (χ0v) is 12.8. The fourth-order valence-corrected chi connectivity index (χ4v) is 2.61. The van der Waals surface area contributed by atoms with E-state index < -0.39 is 12.2 Å².